The summed E-state index contributed by atoms with van der Waals surface area (Å²) in [7, 11) is 0. The van der Waals surface area contributed by atoms with Crippen LogP contribution in [0.4, 0.5) is 0 Å². The van der Waals surface area contributed by atoms with Gasteiger partial charge >= 0.3 is 0 Å². The van der Waals surface area contributed by atoms with Gasteiger partial charge in [-0.1, -0.05) is 12.1 Å². The number of thioether (sulfide) groups is 1. The molecule has 4 heteroatoms. The predicted molar refractivity (Wildman–Crippen MR) is 72.0 cm³/mol. The predicted octanol–water partition coefficient (Wildman–Crippen LogP) is 3.96. The molecule has 0 radical (unpaired) electrons. The Kier molecular flexibility index (Phi) is 3.72. The van der Waals surface area contributed by atoms with Gasteiger partial charge in [0.25, 0.3) is 0 Å². The average Bonchev–Trinajstić information content (AvgIpc) is 2.78. The molecule has 15 heavy (non-hydrogen) atoms. The van der Waals surface area contributed by atoms with Gasteiger partial charge in [0.2, 0.25) is 0 Å². The molecule has 0 amide bonds. The van der Waals surface area contributed by atoms with Gasteiger partial charge in [0, 0.05) is 21.6 Å². The highest BCUT2D eigenvalue weighted by Gasteiger charge is 2.02. The van der Waals surface area contributed by atoms with Gasteiger partial charge in [0.1, 0.15) is 5.01 Å². The summed E-state index contributed by atoms with van der Waals surface area (Å²) in [6.07, 6.45) is 2.08. The molecule has 0 saturated carbocycles. The number of hydrogen-bond acceptors (Lipinski definition) is 4. The van der Waals surface area contributed by atoms with E-state index in [4.69, 9.17) is 0 Å². The Hall–Kier alpha value is -0.450. The van der Waals surface area contributed by atoms with Crippen LogP contribution in [0.5, 0.6) is 0 Å². The summed E-state index contributed by atoms with van der Waals surface area (Å²) in [5, 5.41) is 3.15. The van der Waals surface area contributed by atoms with Crippen molar-refractivity contribution in [1.29, 1.82) is 0 Å². The molecule has 0 aliphatic rings. The van der Waals surface area contributed by atoms with Gasteiger partial charge in [-0.15, -0.1) is 23.1 Å². The number of aromatic nitrogens is 1. The van der Waals surface area contributed by atoms with Crippen LogP contribution in [0, 0.1) is 0 Å². The minimum atomic E-state index is 0.716. The molecule has 2 aromatic rings. The molecule has 2 rings (SSSR count). The summed E-state index contributed by atoms with van der Waals surface area (Å²) >= 11 is 7.63. The van der Waals surface area contributed by atoms with Crippen molar-refractivity contribution in [2.45, 2.75) is 10.6 Å². The first kappa shape index (κ1) is 11.0. The van der Waals surface area contributed by atoms with Crippen molar-refractivity contribution < 1.29 is 0 Å². The summed E-state index contributed by atoms with van der Waals surface area (Å²) < 4.78 is 0. The summed E-state index contributed by atoms with van der Waals surface area (Å²) in [6, 6.07) is 8.48. The summed E-state index contributed by atoms with van der Waals surface area (Å²) in [6.45, 7) is 0. The highest BCUT2D eigenvalue weighted by molar-refractivity contribution is 7.98. The van der Waals surface area contributed by atoms with E-state index in [-0.39, 0.29) is 0 Å². The van der Waals surface area contributed by atoms with E-state index in [1.807, 2.05) is 0 Å². The Bertz CT molecular complexity index is 433. The lowest BCUT2D eigenvalue weighted by Gasteiger charge is -1.98. The van der Waals surface area contributed by atoms with Gasteiger partial charge in [-0.2, -0.15) is 12.6 Å². The van der Waals surface area contributed by atoms with Crippen LogP contribution in [0.25, 0.3) is 11.3 Å². The molecule has 1 nitrogen and oxygen atoms in total. The van der Waals surface area contributed by atoms with Crippen molar-refractivity contribution in [2.75, 3.05) is 6.26 Å². The zero-order valence-electron chi connectivity index (χ0n) is 8.30. The SMILES string of the molecule is CSc1ccc(-c2csc(CS)n2)cc1. The molecule has 0 bridgehead atoms. The quantitative estimate of drug-likeness (QED) is 0.657. The molecule has 1 aromatic heterocycles. The van der Waals surface area contributed by atoms with E-state index < -0.39 is 0 Å². The largest absolute Gasteiger partial charge is 0.240 e. The molecule has 0 aliphatic carbocycles. The van der Waals surface area contributed by atoms with Crippen LogP contribution in [0.2, 0.25) is 0 Å². The molecule has 78 valence electrons. The second-order valence-corrected chi connectivity index (χ2v) is 5.15. The topological polar surface area (TPSA) is 12.9 Å². The molecule has 0 fully saturated rings. The van der Waals surface area contributed by atoms with Crippen LogP contribution in [0.1, 0.15) is 5.01 Å². The number of nitrogens with zero attached hydrogens (tertiary/aromatic N) is 1. The standard InChI is InChI=1S/C11H11NS3/c1-14-9-4-2-8(3-5-9)10-7-15-11(6-13)12-10/h2-5,7,13H,6H2,1H3. The Balaban J connectivity index is 2.28. The zero-order valence-corrected chi connectivity index (χ0v) is 10.8. The van der Waals surface area contributed by atoms with Gasteiger partial charge in [-0.25, -0.2) is 4.98 Å². The maximum Gasteiger partial charge on any atom is 0.103 e. The van der Waals surface area contributed by atoms with Crippen molar-refractivity contribution in [1.82, 2.24) is 4.98 Å². The fourth-order valence-electron chi connectivity index (χ4n) is 1.28. The second-order valence-electron chi connectivity index (χ2n) is 3.01. The zero-order chi connectivity index (χ0) is 10.7. The first-order chi connectivity index (χ1) is 7.33. The van der Waals surface area contributed by atoms with Gasteiger partial charge < -0.3 is 0 Å². The lowest BCUT2D eigenvalue weighted by atomic mass is 10.2. The van der Waals surface area contributed by atoms with Crippen LogP contribution >= 0.6 is 35.7 Å². The molecule has 1 heterocycles. The van der Waals surface area contributed by atoms with E-state index >= 15 is 0 Å². The number of thiol groups is 1. The Morgan fingerprint density at radius 1 is 1.33 bits per heavy atom. The number of thiazole rings is 1. The molecule has 0 aliphatic heterocycles. The van der Waals surface area contributed by atoms with Gasteiger partial charge in [-0.05, 0) is 18.4 Å². The third-order valence-electron chi connectivity index (χ3n) is 2.07. The van der Waals surface area contributed by atoms with Gasteiger partial charge in [0.05, 0.1) is 5.69 Å². The molecular weight excluding hydrogens is 242 g/mol. The minimum absolute atomic E-state index is 0.716. The monoisotopic (exact) mass is 253 g/mol. The first-order valence-corrected chi connectivity index (χ1v) is 7.27. The minimum Gasteiger partial charge on any atom is -0.240 e. The smallest absolute Gasteiger partial charge is 0.103 e. The lowest BCUT2D eigenvalue weighted by molar-refractivity contribution is 1.27. The van der Waals surface area contributed by atoms with Crippen molar-refractivity contribution in [3.8, 4) is 11.3 Å². The second kappa shape index (κ2) is 5.05. The third-order valence-corrected chi connectivity index (χ3v) is 4.18. The van der Waals surface area contributed by atoms with Crippen molar-refractivity contribution in [3.05, 3.63) is 34.7 Å². The molecule has 0 atom stereocenters. The molecule has 0 spiro atoms. The van der Waals surface area contributed by atoms with E-state index in [0.717, 1.165) is 10.7 Å². The maximum atomic E-state index is 4.49. The van der Waals surface area contributed by atoms with Crippen LogP contribution < -0.4 is 0 Å². The highest BCUT2D eigenvalue weighted by Crippen LogP contribution is 2.24. The molecule has 0 unspecified atom stereocenters. The van der Waals surface area contributed by atoms with Gasteiger partial charge in [-0.3, -0.25) is 0 Å². The molecule has 0 N–H and O–H groups in total. The molecule has 0 saturated heterocycles. The average molecular weight is 253 g/mol. The van der Waals surface area contributed by atoms with Crippen molar-refractivity contribution in [3.63, 3.8) is 0 Å². The summed E-state index contributed by atoms with van der Waals surface area (Å²) in [5.74, 6) is 0.716. The normalized spacial score (nSPS) is 10.5. The van der Waals surface area contributed by atoms with Crippen molar-refractivity contribution >= 4 is 35.7 Å². The molecular formula is C11H11NS3. The van der Waals surface area contributed by atoms with Crippen LogP contribution in [0.15, 0.2) is 34.5 Å². The molecule has 1 aromatic carbocycles. The van der Waals surface area contributed by atoms with E-state index in [1.165, 1.54) is 10.5 Å². The number of rotatable bonds is 3. The fourth-order valence-corrected chi connectivity index (χ4v) is 2.64. The summed E-state index contributed by atoms with van der Waals surface area (Å²) in [4.78, 5) is 5.77. The highest BCUT2D eigenvalue weighted by atomic mass is 32.2. The Morgan fingerprint density at radius 3 is 2.60 bits per heavy atom. The summed E-state index contributed by atoms with van der Waals surface area (Å²) in [5.41, 5.74) is 2.23. The number of benzene rings is 1. The van der Waals surface area contributed by atoms with Gasteiger partial charge in [0.15, 0.2) is 0 Å². The van der Waals surface area contributed by atoms with Crippen LogP contribution in [0.3, 0.4) is 0 Å². The van der Waals surface area contributed by atoms with E-state index in [9.17, 15) is 0 Å². The maximum absolute atomic E-state index is 4.49. The Morgan fingerprint density at radius 2 is 2.07 bits per heavy atom. The third kappa shape index (κ3) is 2.56. The lowest BCUT2D eigenvalue weighted by Crippen LogP contribution is -1.79. The fraction of sp³-hybridized carbons (Fsp3) is 0.182. The van der Waals surface area contributed by atoms with E-state index in [1.54, 1.807) is 23.1 Å². The number of hydrogen-bond donors (Lipinski definition) is 1. The van der Waals surface area contributed by atoms with Crippen LogP contribution in [-0.4, -0.2) is 11.2 Å². The van der Waals surface area contributed by atoms with E-state index in [2.05, 4.69) is 53.5 Å². The van der Waals surface area contributed by atoms with E-state index in [0.29, 0.717) is 5.75 Å². The first-order valence-electron chi connectivity index (χ1n) is 4.53. The van der Waals surface area contributed by atoms with Crippen LogP contribution in [-0.2, 0) is 5.75 Å². The van der Waals surface area contributed by atoms with Crippen molar-refractivity contribution in [2.24, 2.45) is 0 Å². The Labute approximate surface area is 103 Å².